The molecule has 76 valence electrons. The third kappa shape index (κ3) is 2.37. The minimum absolute atomic E-state index is 0.0632. The SMILES string of the molecule is O=CNCC(O)c1ccc(O)c(O)c1. The third-order valence-electron chi connectivity index (χ3n) is 1.78. The van der Waals surface area contributed by atoms with Gasteiger partial charge in [-0.15, -0.1) is 0 Å². The second-order valence-corrected chi connectivity index (χ2v) is 2.79. The van der Waals surface area contributed by atoms with Crippen LogP contribution in [0.5, 0.6) is 11.5 Å². The first-order valence-electron chi connectivity index (χ1n) is 4.02. The second-order valence-electron chi connectivity index (χ2n) is 2.79. The van der Waals surface area contributed by atoms with Gasteiger partial charge in [-0.25, -0.2) is 0 Å². The van der Waals surface area contributed by atoms with E-state index in [9.17, 15) is 9.90 Å². The second kappa shape index (κ2) is 4.48. The molecule has 14 heavy (non-hydrogen) atoms. The van der Waals surface area contributed by atoms with Gasteiger partial charge in [0, 0.05) is 6.54 Å². The number of benzene rings is 1. The number of nitrogens with one attached hydrogen (secondary N) is 1. The van der Waals surface area contributed by atoms with Crippen molar-refractivity contribution in [1.82, 2.24) is 5.32 Å². The van der Waals surface area contributed by atoms with Crippen molar-refractivity contribution in [3.63, 3.8) is 0 Å². The highest BCUT2D eigenvalue weighted by molar-refractivity contribution is 5.46. The lowest BCUT2D eigenvalue weighted by Gasteiger charge is -2.10. The monoisotopic (exact) mass is 197 g/mol. The molecule has 0 aliphatic heterocycles. The molecule has 0 saturated heterocycles. The van der Waals surface area contributed by atoms with Gasteiger partial charge in [-0.2, -0.15) is 0 Å². The summed E-state index contributed by atoms with van der Waals surface area (Å²) in [4.78, 5) is 9.95. The van der Waals surface area contributed by atoms with E-state index in [2.05, 4.69) is 5.32 Å². The normalized spacial score (nSPS) is 12.1. The van der Waals surface area contributed by atoms with Crippen LogP contribution in [0.4, 0.5) is 0 Å². The first kappa shape index (κ1) is 10.3. The van der Waals surface area contributed by atoms with Crippen molar-refractivity contribution in [1.29, 1.82) is 0 Å². The van der Waals surface area contributed by atoms with Gasteiger partial charge >= 0.3 is 0 Å². The van der Waals surface area contributed by atoms with Crippen molar-refractivity contribution in [3.05, 3.63) is 23.8 Å². The molecule has 0 spiro atoms. The van der Waals surface area contributed by atoms with E-state index in [-0.39, 0.29) is 18.0 Å². The van der Waals surface area contributed by atoms with Crippen molar-refractivity contribution in [2.24, 2.45) is 0 Å². The van der Waals surface area contributed by atoms with Gasteiger partial charge in [0.25, 0.3) is 0 Å². The number of rotatable bonds is 4. The predicted octanol–water partition coefficient (Wildman–Crippen LogP) is -0.123. The molecule has 4 N–H and O–H groups in total. The van der Waals surface area contributed by atoms with E-state index in [4.69, 9.17) is 10.2 Å². The maximum atomic E-state index is 9.95. The summed E-state index contributed by atoms with van der Waals surface area (Å²) in [5, 5.41) is 29.9. The summed E-state index contributed by atoms with van der Waals surface area (Å²) in [5.74, 6) is -0.544. The van der Waals surface area contributed by atoms with Gasteiger partial charge in [0.05, 0.1) is 6.10 Å². The average Bonchev–Trinajstić information content (AvgIpc) is 2.18. The molecule has 1 rings (SSSR count). The fourth-order valence-corrected chi connectivity index (χ4v) is 1.03. The number of aromatic hydroxyl groups is 2. The largest absolute Gasteiger partial charge is 0.504 e. The van der Waals surface area contributed by atoms with Gasteiger partial charge in [0.15, 0.2) is 11.5 Å². The molecule has 0 radical (unpaired) electrons. The van der Waals surface area contributed by atoms with Crippen LogP contribution in [0.25, 0.3) is 0 Å². The van der Waals surface area contributed by atoms with E-state index in [0.717, 1.165) is 0 Å². The zero-order valence-electron chi connectivity index (χ0n) is 7.34. The van der Waals surface area contributed by atoms with E-state index in [1.54, 1.807) is 0 Å². The molecule has 1 unspecified atom stereocenters. The quantitative estimate of drug-likeness (QED) is 0.400. The molecule has 0 aromatic heterocycles. The Kier molecular flexibility index (Phi) is 3.30. The zero-order valence-corrected chi connectivity index (χ0v) is 7.34. The van der Waals surface area contributed by atoms with Crippen LogP contribution in [0.3, 0.4) is 0 Å². The fourth-order valence-electron chi connectivity index (χ4n) is 1.03. The van der Waals surface area contributed by atoms with Crippen molar-refractivity contribution in [2.45, 2.75) is 6.10 Å². The van der Waals surface area contributed by atoms with Crippen LogP contribution in [-0.2, 0) is 4.79 Å². The molecule has 0 aliphatic rings. The molecule has 1 amide bonds. The zero-order chi connectivity index (χ0) is 10.6. The molecule has 1 aromatic rings. The first-order chi connectivity index (χ1) is 6.65. The van der Waals surface area contributed by atoms with E-state index in [1.165, 1.54) is 18.2 Å². The maximum Gasteiger partial charge on any atom is 0.207 e. The maximum absolute atomic E-state index is 9.95. The molecule has 5 nitrogen and oxygen atoms in total. The lowest BCUT2D eigenvalue weighted by Crippen LogP contribution is -2.19. The lowest BCUT2D eigenvalue weighted by atomic mass is 10.1. The predicted molar refractivity (Wildman–Crippen MR) is 48.8 cm³/mol. The van der Waals surface area contributed by atoms with Gasteiger partial charge in [0.2, 0.25) is 6.41 Å². The van der Waals surface area contributed by atoms with E-state index < -0.39 is 6.10 Å². The Hall–Kier alpha value is -1.75. The molecular weight excluding hydrogens is 186 g/mol. The number of hydrogen-bond acceptors (Lipinski definition) is 4. The number of aliphatic hydroxyl groups excluding tert-OH is 1. The number of phenols is 2. The number of amides is 1. The number of hydrogen-bond donors (Lipinski definition) is 4. The molecule has 1 aromatic carbocycles. The van der Waals surface area contributed by atoms with Gasteiger partial charge in [0.1, 0.15) is 0 Å². The van der Waals surface area contributed by atoms with E-state index >= 15 is 0 Å². The van der Waals surface area contributed by atoms with Crippen LogP contribution in [0.15, 0.2) is 18.2 Å². The van der Waals surface area contributed by atoms with Crippen LogP contribution in [0, 0.1) is 0 Å². The topological polar surface area (TPSA) is 89.8 Å². The summed E-state index contributed by atoms with van der Waals surface area (Å²) in [6.45, 7) is 0.0632. The van der Waals surface area contributed by atoms with Gasteiger partial charge in [-0.1, -0.05) is 6.07 Å². The van der Waals surface area contributed by atoms with E-state index in [0.29, 0.717) is 12.0 Å². The first-order valence-corrected chi connectivity index (χ1v) is 4.02. The van der Waals surface area contributed by atoms with Crippen LogP contribution in [0.1, 0.15) is 11.7 Å². The Bertz CT molecular complexity index is 327. The summed E-state index contributed by atoms with van der Waals surface area (Å²) in [6, 6.07) is 3.98. The molecule has 5 heteroatoms. The molecule has 0 saturated carbocycles. The summed E-state index contributed by atoms with van der Waals surface area (Å²) < 4.78 is 0. The van der Waals surface area contributed by atoms with Crippen LogP contribution >= 0.6 is 0 Å². The highest BCUT2D eigenvalue weighted by Crippen LogP contribution is 2.27. The highest BCUT2D eigenvalue weighted by atomic mass is 16.3. The van der Waals surface area contributed by atoms with Gasteiger partial charge in [-0.05, 0) is 17.7 Å². The van der Waals surface area contributed by atoms with Crippen molar-refractivity contribution in [2.75, 3.05) is 6.54 Å². The lowest BCUT2D eigenvalue weighted by molar-refractivity contribution is -0.109. The van der Waals surface area contributed by atoms with Crippen LogP contribution < -0.4 is 5.32 Å². The standard InChI is InChI=1S/C9H11NO4/c11-5-10-4-9(14)6-1-2-7(12)8(13)3-6/h1-3,5,9,12-14H,4H2,(H,10,11). The Morgan fingerprint density at radius 3 is 2.64 bits per heavy atom. The molecule has 0 aliphatic carbocycles. The van der Waals surface area contributed by atoms with Gasteiger partial charge < -0.3 is 20.6 Å². The summed E-state index contributed by atoms with van der Waals surface area (Å²) >= 11 is 0. The highest BCUT2D eigenvalue weighted by Gasteiger charge is 2.09. The minimum atomic E-state index is -0.897. The van der Waals surface area contributed by atoms with E-state index in [1.807, 2.05) is 0 Å². The minimum Gasteiger partial charge on any atom is -0.504 e. The summed E-state index contributed by atoms with van der Waals surface area (Å²) in [5.41, 5.74) is 0.426. The number of carbonyl (C=O) groups is 1. The molecule has 0 bridgehead atoms. The van der Waals surface area contributed by atoms with Crippen molar-refractivity contribution in [3.8, 4) is 11.5 Å². The Morgan fingerprint density at radius 2 is 2.07 bits per heavy atom. The van der Waals surface area contributed by atoms with Crippen LogP contribution in [-0.4, -0.2) is 28.3 Å². The Balaban J connectivity index is 2.75. The summed E-state index contributed by atoms with van der Waals surface area (Å²) in [7, 11) is 0. The van der Waals surface area contributed by atoms with Gasteiger partial charge in [-0.3, -0.25) is 4.79 Å². The fraction of sp³-hybridized carbons (Fsp3) is 0.222. The molecular formula is C9H11NO4. The Labute approximate surface area is 80.6 Å². The molecule has 1 atom stereocenters. The van der Waals surface area contributed by atoms with Crippen LogP contribution in [0.2, 0.25) is 0 Å². The number of phenolic OH excluding ortho intramolecular Hbond substituents is 2. The smallest absolute Gasteiger partial charge is 0.207 e. The summed E-state index contributed by atoms with van der Waals surface area (Å²) in [6.07, 6.45) is -0.421. The van der Waals surface area contributed by atoms with Crippen molar-refractivity contribution >= 4 is 6.41 Å². The third-order valence-corrected chi connectivity index (χ3v) is 1.78. The molecule has 0 heterocycles. The van der Waals surface area contributed by atoms with Crippen molar-refractivity contribution < 1.29 is 20.1 Å². The number of aliphatic hydroxyl groups is 1. The Morgan fingerprint density at radius 1 is 1.36 bits per heavy atom. The molecule has 0 fully saturated rings. The average molecular weight is 197 g/mol. The number of carbonyl (C=O) groups excluding carboxylic acids is 1.